The van der Waals surface area contributed by atoms with Crippen LogP contribution in [-0.2, 0) is 9.59 Å². The SMILES string of the molecule is CCC(C(=O)O)N(C(C)=O)c1cccs1. The number of carboxylic acid groups (broad SMARTS) is 1. The van der Waals surface area contributed by atoms with Gasteiger partial charge in [0.1, 0.15) is 6.04 Å². The summed E-state index contributed by atoms with van der Waals surface area (Å²) in [6.45, 7) is 3.13. The third-order valence-corrected chi connectivity index (χ3v) is 2.93. The molecule has 0 aromatic carbocycles. The van der Waals surface area contributed by atoms with Crippen LogP contribution in [0.3, 0.4) is 0 Å². The molecule has 0 aliphatic carbocycles. The lowest BCUT2D eigenvalue weighted by Crippen LogP contribution is -2.43. The first-order valence-corrected chi connectivity index (χ1v) is 5.52. The number of hydrogen-bond donors (Lipinski definition) is 1. The number of nitrogens with zero attached hydrogens (tertiary/aromatic N) is 1. The molecule has 1 rings (SSSR count). The van der Waals surface area contributed by atoms with Crippen molar-refractivity contribution in [3.8, 4) is 0 Å². The number of carbonyl (C=O) groups excluding carboxylic acids is 1. The highest BCUT2D eigenvalue weighted by atomic mass is 32.1. The van der Waals surface area contributed by atoms with E-state index in [1.807, 2.05) is 5.38 Å². The van der Waals surface area contributed by atoms with E-state index < -0.39 is 12.0 Å². The van der Waals surface area contributed by atoms with Gasteiger partial charge in [0, 0.05) is 6.92 Å². The zero-order valence-electron chi connectivity index (χ0n) is 8.64. The van der Waals surface area contributed by atoms with E-state index in [9.17, 15) is 9.59 Å². The fourth-order valence-electron chi connectivity index (χ4n) is 1.40. The number of carboxylic acids is 1. The molecule has 15 heavy (non-hydrogen) atoms. The van der Waals surface area contributed by atoms with E-state index in [1.165, 1.54) is 23.2 Å². The summed E-state index contributed by atoms with van der Waals surface area (Å²) in [7, 11) is 0. The Hall–Kier alpha value is -1.36. The van der Waals surface area contributed by atoms with Crippen LogP contribution in [0.25, 0.3) is 0 Å². The quantitative estimate of drug-likeness (QED) is 0.855. The number of aliphatic carboxylic acids is 1. The van der Waals surface area contributed by atoms with E-state index in [1.54, 1.807) is 19.1 Å². The van der Waals surface area contributed by atoms with E-state index in [2.05, 4.69) is 0 Å². The van der Waals surface area contributed by atoms with Crippen LogP contribution >= 0.6 is 11.3 Å². The van der Waals surface area contributed by atoms with Gasteiger partial charge in [-0.1, -0.05) is 6.92 Å². The lowest BCUT2D eigenvalue weighted by Gasteiger charge is -2.25. The van der Waals surface area contributed by atoms with Gasteiger partial charge in [0.05, 0.1) is 5.00 Å². The Morgan fingerprint density at radius 2 is 2.27 bits per heavy atom. The fraction of sp³-hybridized carbons (Fsp3) is 0.400. The Morgan fingerprint density at radius 1 is 1.60 bits per heavy atom. The molecular formula is C10H13NO3S. The highest BCUT2D eigenvalue weighted by Crippen LogP contribution is 2.24. The normalized spacial score (nSPS) is 12.1. The van der Waals surface area contributed by atoms with E-state index in [0.29, 0.717) is 11.4 Å². The summed E-state index contributed by atoms with van der Waals surface area (Å²) in [6.07, 6.45) is 0.396. The average Bonchev–Trinajstić information content (AvgIpc) is 2.64. The Balaban J connectivity index is 3.02. The molecule has 0 spiro atoms. The number of carbonyl (C=O) groups is 2. The summed E-state index contributed by atoms with van der Waals surface area (Å²) in [6, 6.07) is 2.77. The molecule has 1 N–H and O–H groups in total. The van der Waals surface area contributed by atoms with E-state index >= 15 is 0 Å². The summed E-state index contributed by atoms with van der Waals surface area (Å²) in [4.78, 5) is 23.7. The van der Waals surface area contributed by atoms with Gasteiger partial charge in [-0.3, -0.25) is 9.69 Å². The zero-order chi connectivity index (χ0) is 11.4. The third kappa shape index (κ3) is 2.56. The van der Waals surface area contributed by atoms with Gasteiger partial charge in [0.15, 0.2) is 0 Å². The van der Waals surface area contributed by atoms with Crippen LogP contribution in [0.2, 0.25) is 0 Å². The van der Waals surface area contributed by atoms with Crippen LogP contribution in [0.4, 0.5) is 5.00 Å². The molecule has 1 amide bonds. The minimum absolute atomic E-state index is 0.244. The van der Waals surface area contributed by atoms with Crippen LogP contribution < -0.4 is 4.90 Å². The lowest BCUT2D eigenvalue weighted by molar-refractivity contribution is -0.140. The zero-order valence-corrected chi connectivity index (χ0v) is 9.45. The van der Waals surface area contributed by atoms with Crippen molar-refractivity contribution in [2.75, 3.05) is 4.90 Å². The van der Waals surface area contributed by atoms with Crippen molar-refractivity contribution in [2.45, 2.75) is 26.3 Å². The largest absolute Gasteiger partial charge is 0.480 e. The fourth-order valence-corrected chi connectivity index (χ4v) is 2.23. The maximum absolute atomic E-state index is 11.4. The Labute approximate surface area is 92.1 Å². The van der Waals surface area contributed by atoms with Crippen LogP contribution in [0.1, 0.15) is 20.3 Å². The minimum Gasteiger partial charge on any atom is -0.480 e. The monoisotopic (exact) mass is 227 g/mol. The van der Waals surface area contributed by atoms with Gasteiger partial charge in [-0.15, -0.1) is 11.3 Å². The Morgan fingerprint density at radius 3 is 2.60 bits per heavy atom. The van der Waals surface area contributed by atoms with Gasteiger partial charge in [0.25, 0.3) is 0 Å². The first-order valence-electron chi connectivity index (χ1n) is 4.64. The second-order valence-electron chi connectivity index (χ2n) is 3.10. The van der Waals surface area contributed by atoms with Crippen molar-refractivity contribution >= 4 is 28.2 Å². The molecule has 1 aromatic heterocycles. The van der Waals surface area contributed by atoms with Crippen molar-refractivity contribution in [3.05, 3.63) is 17.5 Å². The Bertz CT molecular complexity index is 348. The molecule has 0 radical (unpaired) electrons. The van der Waals surface area contributed by atoms with Gasteiger partial charge < -0.3 is 5.11 Å². The molecule has 1 atom stereocenters. The highest BCUT2D eigenvalue weighted by Gasteiger charge is 2.27. The maximum atomic E-state index is 11.4. The van der Waals surface area contributed by atoms with Crippen molar-refractivity contribution in [1.82, 2.24) is 0 Å². The number of rotatable bonds is 4. The van der Waals surface area contributed by atoms with Crippen LogP contribution in [0, 0.1) is 0 Å². The van der Waals surface area contributed by atoms with Crippen molar-refractivity contribution in [1.29, 1.82) is 0 Å². The van der Waals surface area contributed by atoms with E-state index in [0.717, 1.165) is 0 Å². The molecule has 0 saturated carbocycles. The lowest BCUT2D eigenvalue weighted by atomic mass is 10.2. The van der Waals surface area contributed by atoms with Crippen LogP contribution in [0.5, 0.6) is 0 Å². The van der Waals surface area contributed by atoms with Gasteiger partial charge in [-0.05, 0) is 23.9 Å². The summed E-state index contributed by atoms with van der Waals surface area (Å²) >= 11 is 1.36. The minimum atomic E-state index is -0.971. The van der Waals surface area contributed by atoms with Crippen LogP contribution in [-0.4, -0.2) is 23.0 Å². The standard InChI is InChI=1S/C10H13NO3S/c1-3-8(10(13)14)11(7(2)12)9-5-4-6-15-9/h4-6,8H,3H2,1-2H3,(H,13,14). The second kappa shape index (κ2) is 4.93. The summed E-state index contributed by atoms with van der Waals surface area (Å²) in [5.74, 6) is -1.21. The number of thiophene rings is 1. The molecule has 0 saturated heterocycles. The molecule has 0 bridgehead atoms. The van der Waals surface area contributed by atoms with Gasteiger partial charge in [-0.25, -0.2) is 4.79 Å². The van der Waals surface area contributed by atoms with Crippen molar-refractivity contribution in [3.63, 3.8) is 0 Å². The molecule has 0 aliphatic heterocycles. The van der Waals surface area contributed by atoms with E-state index in [-0.39, 0.29) is 5.91 Å². The number of amides is 1. The molecule has 4 nitrogen and oxygen atoms in total. The average molecular weight is 227 g/mol. The van der Waals surface area contributed by atoms with Crippen LogP contribution in [0.15, 0.2) is 17.5 Å². The summed E-state index contributed by atoms with van der Waals surface area (Å²) in [5, 5.41) is 11.5. The first-order chi connectivity index (χ1) is 7.07. The molecule has 0 fully saturated rings. The number of anilines is 1. The predicted octanol–water partition coefficient (Wildman–Crippen LogP) is 1.96. The first kappa shape index (κ1) is 11.7. The molecule has 1 unspecified atom stereocenters. The van der Waals surface area contributed by atoms with Gasteiger partial charge in [-0.2, -0.15) is 0 Å². The van der Waals surface area contributed by atoms with Gasteiger partial charge in [0.2, 0.25) is 5.91 Å². The third-order valence-electron chi connectivity index (χ3n) is 2.07. The predicted molar refractivity (Wildman–Crippen MR) is 59.2 cm³/mol. The second-order valence-corrected chi connectivity index (χ2v) is 4.03. The van der Waals surface area contributed by atoms with Crippen molar-refractivity contribution in [2.24, 2.45) is 0 Å². The topological polar surface area (TPSA) is 57.6 Å². The molecular weight excluding hydrogens is 214 g/mol. The molecule has 1 aromatic rings. The smallest absolute Gasteiger partial charge is 0.326 e. The highest BCUT2D eigenvalue weighted by molar-refractivity contribution is 7.14. The molecule has 82 valence electrons. The van der Waals surface area contributed by atoms with Crippen molar-refractivity contribution < 1.29 is 14.7 Å². The summed E-state index contributed by atoms with van der Waals surface area (Å²) < 4.78 is 0. The summed E-state index contributed by atoms with van der Waals surface area (Å²) in [5.41, 5.74) is 0. The van der Waals surface area contributed by atoms with Gasteiger partial charge >= 0.3 is 5.97 Å². The molecule has 5 heteroatoms. The molecule has 0 aliphatic rings. The molecule has 1 heterocycles. The number of hydrogen-bond acceptors (Lipinski definition) is 3. The van der Waals surface area contributed by atoms with E-state index in [4.69, 9.17) is 5.11 Å². The maximum Gasteiger partial charge on any atom is 0.326 e. The Kier molecular flexibility index (Phi) is 3.85.